The normalized spacial score (nSPS) is 16.9. The number of hydrogen-bond acceptors (Lipinski definition) is 5. The zero-order chi connectivity index (χ0) is 16.1. The smallest absolute Gasteiger partial charge is 0.203 e. The van der Waals surface area contributed by atoms with E-state index in [-0.39, 0.29) is 28.7 Å². The summed E-state index contributed by atoms with van der Waals surface area (Å²) in [5.41, 5.74) is -0.0382. The van der Waals surface area contributed by atoms with E-state index in [0.717, 1.165) is 6.42 Å². The zero-order valence-electron chi connectivity index (χ0n) is 12.4. The van der Waals surface area contributed by atoms with Crippen molar-refractivity contribution >= 4 is 5.78 Å². The number of benzene rings is 1. The molecule has 2 rings (SSSR count). The number of carbonyl (C=O) groups is 1. The largest absolute Gasteiger partial charge is 0.504 e. The summed E-state index contributed by atoms with van der Waals surface area (Å²) in [6.45, 7) is 0. The molecular formula is C17H18O5. The van der Waals surface area contributed by atoms with Crippen LogP contribution in [-0.2, 0) is 0 Å². The molecule has 0 saturated heterocycles. The first-order valence-electron chi connectivity index (χ1n) is 6.81. The first-order chi connectivity index (χ1) is 10.6. The molecular weight excluding hydrogens is 284 g/mol. The summed E-state index contributed by atoms with van der Waals surface area (Å²) in [5.74, 6) is -1.08. The molecule has 0 aromatic heterocycles. The molecule has 0 saturated carbocycles. The Hall–Kier alpha value is -2.69. The minimum atomic E-state index is -0.437. The molecule has 0 radical (unpaired) electrons. The van der Waals surface area contributed by atoms with Gasteiger partial charge < -0.3 is 19.7 Å². The number of hydrogen-bond donors (Lipinski definition) is 2. The van der Waals surface area contributed by atoms with Crippen molar-refractivity contribution in [2.45, 2.75) is 6.42 Å². The Morgan fingerprint density at radius 1 is 1.27 bits per heavy atom. The van der Waals surface area contributed by atoms with E-state index in [1.54, 1.807) is 6.08 Å². The standard InChI is InChI=1S/C17H18O5/c1-21-14-10-13(19)17(22-2)16(20)15(14)12(18)9-8-11-6-4-3-5-7-11/h3-6,8-11,19-20H,7H2,1-2H3/b9-8+. The fourth-order valence-corrected chi connectivity index (χ4v) is 2.25. The van der Waals surface area contributed by atoms with Crippen molar-refractivity contribution in [2.75, 3.05) is 14.2 Å². The van der Waals surface area contributed by atoms with Gasteiger partial charge in [-0.2, -0.15) is 0 Å². The Morgan fingerprint density at radius 2 is 2.05 bits per heavy atom. The molecule has 1 unspecified atom stereocenters. The Labute approximate surface area is 128 Å². The highest BCUT2D eigenvalue weighted by atomic mass is 16.5. The number of ether oxygens (including phenoxy) is 2. The van der Waals surface area contributed by atoms with Crippen molar-refractivity contribution in [3.8, 4) is 23.0 Å². The predicted molar refractivity (Wildman–Crippen MR) is 82.7 cm³/mol. The maximum Gasteiger partial charge on any atom is 0.203 e. The van der Waals surface area contributed by atoms with Crippen molar-refractivity contribution in [1.29, 1.82) is 0 Å². The molecule has 1 aromatic rings. The van der Waals surface area contributed by atoms with Gasteiger partial charge in [-0.1, -0.05) is 30.4 Å². The average molecular weight is 302 g/mol. The molecule has 0 spiro atoms. The van der Waals surface area contributed by atoms with Crippen LogP contribution in [0.3, 0.4) is 0 Å². The molecule has 5 nitrogen and oxygen atoms in total. The first kappa shape index (κ1) is 15.7. The number of rotatable bonds is 5. The summed E-state index contributed by atoms with van der Waals surface area (Å²) in [5, 5.41) is 19.9. The highest BCUT2D eigenvalue weighted by Crippen LogP contribution is 2.44. The summed E-state index contributed by atoms with van der Waals surface area (Å²) in [4.78, 5) is 12.4. The summed E-state index contributed by atoms with van der Waals surface area (Å²) in [6.07, 6.45) is 11.8. The Balaban J connectivity index is 2.34. The van der Waals surface area contributed by atoms with Crippen LogP contribution in [0.4, 0.5) is 0 Å². The average Bonchev–Trinajstić information content (AvgIpc) is 2.53. The van der Waals surface area contributed by atoms with Gasteiger partial charge in [-0.3, -0.25) is 4.79 Å². The molecule has 116 valence electrons. The van der Waals surface area contributed by atoms with Gasteiger partial charge in [-0.15, -0.1) is 0 Å². The summed E-state index contributed by atoms with van der Waals surface area (Å²) >= 11 is 0. The monoisotopic (exact) mass is 302 g/mol. The lowest BCUT2D eigenvalue weighted by Crippen LogP contribution is -2.02. The second-order valence-electron chi connectivity index (χ2n) is 4.79. The lowest BCUT2D eigenvalue weighted by atomic mass is 9.98. The van der Waals surface area contributed by atoms with Crippen molar-refractivity contribution in [3.63, 3.8) is 0 Å². The fraction of sp³-hybridized carbons (Fsp3) is 0.235. The molecule has 0 bridgehead atoms. The number of ketones is 1. The van der Waals surface area contributed by atoms with Gasteiger partial charge in [0.25, 0.3) is 0 Å². The van der Waals surface area contributed by atoms with Crippen molar-refractivity contribution in [3.05, 3.63) is 48.1 Å². The van der Waals surface area contributed by atoms with Crippen LogP contribution >= 0.6 is 0 Å². The van der Waals surface area contributed by atoms with Crippen LogP contribution < -0.4 is 9.47 Å². The molecule has 1 aromatic carbocycles. The number of phenols is 2. The highest BCUT2D eigenvalue weighted by Gasteiger charge is 2.23. The van der Waals surface area contributed by atoms with E-state index in [0.29, 0.717) is 0 Å². The minimum absolute atomic E-state index is 0.0382. The van der Waals surface area contributed by atoms with E-state index in [2.05, 4.69) is 0 Å². The molecule has 22 heavy (non-hydrogen) atoms. The third-order valence-electron chi connectivity index (χ3n) is 3.38. The van der Waals surface area contributed by atoms with Crippen LogP contribution in [0.1, 0.15) is 16.8 Å². The topological polar surface area (TPSA) is 76.0 Å². The summed E-state index contributed by atoms with van der Waals surface area (Å²) in [7, 11) is 2.65. The number of allylic oxidation sites excluding steroid dienone is 6. The molecule has 1 aliphatic rings. The van der Waals surface area contributed by atoms with Gasteiger partial charge in [0, 0.05) is 6.07 Å². The van der Waals surface area contributed by atoms with Gasteiger partial charge in [0.2, 0.25) is 5.75 Å². The Morgan fingerprint density at radius 3 is 2.64 bits per heavy atom. The molecule has 1 atom stereocenters. The van der Waals surface area contributed by atoms with E-state index in [4.69, 9.17) is 9.47 Å². The number of carbonyl (C=O) groups excluding carboxylic acids is 1. The molecule has 2 N–H and O–H groups in total. The number of methoxy groups -OCH3 is 2. The molecule has 0 fully saturated rings. The van der Waals surface area contributed by atoms with Crippen LogP contribution in [0.25, 0.3) is 0 Å². The second-order valence-corrected chi connectivity index (χ2v) is 4.79. The Bertz CT molecular complexity index is 656. The van der Waals surface area contributed by atoms with Crippen LogP contribution in [-0.4, -0.2) is 30.2 Å². The molecule has 0 heterocycles. The zero-order valence-corrected chi connectivity index (χ0v) is 12.4. The van der Waals surface area contributed by atoms with Crippen LogP contribution in [0.5, 0.6) is 23.0 Å². The van der Waals surface area contributed by atoms with Crippen LogP contribution in [0, 0.1) is 5.92 Å². The van der Waals surface area contributed by atoms with E-state index in [1.807, 2.05) is 24.3 Å². The summed E-state index contributed by atoms with van der Waals surface area (Å²) < 4.78 is 9.97. The quantitative estimate of drug-likeness (QED) is 0.646. The minimum Gasteiger partial charge on any atom is -0.504 e. The third kappa shape index (κ3) is 3.14. The van der Waals surface area contributed by atoms with Crippen LogP contribution in [0.2, 0.25) is 0 Å². The van der Waals surface area contributed by atoms with Gasteiger partial charge in [-0.05, 0) is 18.4 Å². The second kappa shape index (κ2) is 6.85. The molecule has 0 aliphatic heterocycles. The Kier molecular flexibility index (Phi) is 4.88. The van der Waals surface area contributed by atoms with Crippen molar-refractivity contribution in [2.24, 2.45) is 5.92 Å². The maximum absolute atomic E-state index is 12.4. The highest BCUT2D eigenvalue weighted by molar-refractivity contribution is 6.09. The van der Waals surface area contributed by atoms with E-state index < -0.39 is 11.5 Å². The number of phenolic OH excluding ortho intramolecular Hbond substituents is 2. The number of aromatic hydroxyl groups is 2. The summed E-state index contributed by atoms with van der Waals surface area (Å²) in [6, 6.07) is 1.24. The molecule has 1 aliphatic carbocycles. The van der Waals surface area contributed by atoms with Crippen LogP contribution in [0.15, 0.2) is 42.5 Å². The lowest BCUT2D eigenvalue weighted by molar-refractivity contribution is 0.104. The first-order valence-corrected chi connectivity index (χ1v) is 6.81. The SMILES string of the molecule is COc1cc(O)c(OC)c(O)c1C(=O)/C=C/C1C=CC=CC1. The van der Waals surface area contributed by atoms with Gasteiger partial charge in [-0.25, -0.2) is 0 Å². The molecule has 0 amide bonds. The predicted octanol–water partition coefficient (Wildman–Crippen LogP) is 2.99. The van der Waals surface area contributed by atoms with Gasteiger partial charge in [0.15, 0.2) is 17.3 Å². The van der Waals surface area contributed by atoms with Gasteiger partial charge in [0.05, 0.1) is 14.2 Å². The van der Waals surface area contributed by atoms with Crippen molar-refractivity contribution in [1.82, 2.24) is 0 Å². The van der Waals surface area contributed by atoms with Gasteiger partial charge in [0.1, 0.15) is 11.3 Å². The third-order valence-corrected chi connectivity index (χ3v) is 3.38. The van der Waals surface area contributed by atoms with E-state index in [9.17, 15) is 15.0 Å². The van der Waals surface area contributed by atoms with Crippen molar-refractivity contribution < 1.29 is 24.5 Å². The van der Waals surface area contributed by atoms with Gasteiger partial charge >= 0.3 is 0 Å². The fourth-order valence-electron chi connectivity index (χ4n) is 2.25. The molecule has 5 heteroatoms. The van der Waals surface area contributed by atoms with E-state index >= 15 is 0 Å². The maximum atomic E-state index is 12.4. The lowest BCUT2D eigenvalue weighted by Gasteiger charge is -2.13. The van der Waals surface area contributed by atoms with E-state index in [1.165, 1.54) is 26.4 Å².